The minimum Gasteiger partial charge on any atom is -0.393 e. The molecular formula is C14H19N7O. The van der Waals surface area contributed by atoms with Crippen molar-refractivity contribution in [3.8, 4) is 5.82 Å². The molecule has 0 spiro atoms. The summed E-state index contributed by atoms with van der Waals surface area (Å²) in [6.45, 7) is 1.50. The number of aromatic nitrogens is 4. The van der Waals surface area contributed by atoms with Crippen molar-refractivity contribution < 1.29 is 4.79 Å². The number of anilines is 2. The quantitative estimate of drug-likeness (QED) is 0.840. The predicted octanol–water partition coefficient (Wildman–Crippen LogP) is 0.207. The van der Waals surface area contributed by atoms with Crippen LogP contribution in [0.1, 0.15) is 12.8 Å². The Morgan fingerprint density at radius 2 is 2.05 bits per heavy atom. The van der Waals surface area contributed by atoms with Gasteiger partial charge in [-0.15, -0.1) is 0 Å². The highest BCUT2D eigenvalue weighted by Crippen LogP contribution is 2.28. The molecule has 116 valence electrons. The number of piperidine rings is 1. The molecule has 0 bridgehead atoms. The average Bonchev–Trinajstić information content (AvgIpc) is 3.09. The SMILES string of the molecule is CNC(=O)C1CCN(c2ncnc(-n3cccn3)c2N)CC1. The Balaban J connectivity index is 1.79. The fourth-order valence-corrected chi connectivity index (χ4v) is 2.76. The van der Waals surface area contributed by atoms with Crippen molar-refractivity contribution in [1.82, 2.24) is 25.1 Å². The first-order chi connectivity index (χ1) is 10.7. The van der Waals surface area contributed by atoms with E-state index in [-0.39, 0.29) is 11.8 Å². The topological polar surface area (TPSA) is 102 Å². The van der Waals surface area contributed by atoms with E-state index in [1.807, 2.05) is 6.07 Å². The lowest BCUT2D eigenvalue weighted by Crippen LogP contribution is -2.40. The fourth-order valence-electron chi connectivity index (χ4n) is 2.76. The molecule has 8 nitrogen and oxygen atoms in total. The molecule has 3 heterocycles. The Morgan fingerprint density at radius 1 is 1.32 bits per heavy atom. The summed E-state index contributed by atoms with van der Waals surface area (Å²) in [5.74, 6) is 1.45. The first-order valence-electron chi connectivity index (χ1n) is 7.27. The van der Waals surface area contributed by atoms with Gasteiger partial charge in [0.25, 0.3) is 0 Å². The molecule has 3 rings (SSSR count). The first-order valence-corrected chi connectivity index (χ1v) is 7.27. The van der Waals surface area contributed by atoms with Crippen LogP contribution in [0.4, 0.5) is 11.5 Å². The van der Waals surface area contributed by atoms with Gasteiger partial charge in [-0.25, -0.2) is 14.6 Å². The molecule has 0 saturated carbocycles. The van der Waals surface area contributed by atoms with E-state index in [0.717, 1.165) is 25.9 Å². The number of nitrogen functional groups attached to an aromatic ring is 1. The van der Waals surface area contributed by atoms with Crippen LogP contribution in [-0.2, 0) is 4.79 Å². The molecule has 1 aliphatic heterocycles. The summed E-state index contributed by atoms with van der Waals surface area (Å²) in [6, 6.07) is 1.82. The molecule has 1 fully saturated rings. The fraction of sp³-hybridized carbons (Fsp3) is 0.429. The third kappa shape index (κ3) is 2.59. The van der Waals surface area contributed by atoms with E-state index in [1.165, 1.54) is 6.33 Å². The Morgan fingerprint density at radius 3 is 2.68 bits per heavy atom. The zero-order valence-corrected chi connectivity index (χ0v) is 12.4. The predicted molar refractivity (Wildman–Crippen MR) is 82.6 cm³/mol. The van der Waals surface area contributed by atoms with Gasteiger partial charge in [0.1, 0.15) is 12.0 Å². The maximum atomic E-state index is 11.7. The van der Waals surface area contributed by atoms with Crippen LogP contribution in [0.15, 0.2) is 24.8 Å². The molecule has 3 N–H and O–H groups in total. The Hall–Kier alpha value is -2.64. The minimum absolute atomic E-state index is 0.0647. The van der Waals surface area contributed by atoms with E-state index in [1.54, 1.807) is 24.1 Å². The number of rotatable bonds is 3. The summed E-state index contributed by atoms with van der Waals surface area (Å²) < 4.78 is 1.62. The highest BCUT2D eigenvalue weighted by molar-refractivity contribution is 5.79. The normalized spacial score (nSPS) is 15.8. The molecule has 0 aliphatic carbocycles. The van der Waals surface area contributed by atoms with Crippen molar-refractivity contribution in [2.45, 2.75) is 12.8 Å². The van der Waals surface area contributed by atoms with Crippen molar-refractivity contribution in [2.75, 3.05) is 30.8 Å². The number of hydrogen-bond donors (Lipinski definition) is 2. The van der Waals surface area contributed by atoms with Gasteiger partial charge in [0.05, 0.1) is 0 Å². The van der Waals surface area contributed by atoms with Crippen LogP contribution in [0.2, 0.25) is 0 Å². The molecule has 1 amide bonds. The standard InChI is InChI=1S/C14H19N7O/c1-16-14(22)10-3-7-20(8-4-10)12-11(15)13(18-9-17-12)21-6-2-5-19-21/h2,5-6,9-10H,3-4,7-8,15H2,1H3,(H,16,22). The third-order valence-corrected chi connectivity index (χ3v) is 3.97. The second kappa shape index (κ2) is 6.00. The molecule has 0 unspecified atom stereocenters. The molecule has 0 atom stereocenters. The Kier molecular flexibility index (Phi) is 3.90. The van der Waals surface area contributed by atoms with Gasteiger partial charge >= 0.3 is 0 Å². The van der Waals surface area contributed by atoms with E-state index in [4.69, 9.17) is 5.73 Å². The number of carbonyl (C=O) groups is 1. The van der Waals surface area contributed by atoms with Crippen molar-refractivity contribution in [2.24, 2.45) is 5.92 Å². The van der Waals surface area contributed by atoms with Gasteiger partial charge in [0.15, 0.2) is 11.6 Å². The maximum Gasteiger partial charge on any atom is 0.222 e. The number of hydrogen-bond acceptors (Lipinski definition) is 6. The van der Waals surface area contributed by atoms with E-state index in [2.05, 4.69) is 25.3 Å². The Bertz CT molecular complexity index is 647. The lowest BCUT2D eigenvalue weighted by atomic mass is 9.96. The lowest BCUT2D eigenvalue weighted by molar-refractivity contribution is -0.125. The number of carbonyl (C=O) groups excluding carboxylic acids is 1. The van der Waals surface area contributed by atoms with Gasteiger partial charge in [0, 0.05) is 38.4 Å². The van der Waals surface area contributed by atoms with Crippen LogP contribution in [0.25, 0.3) is 5.82 Å². The van der Waals surface area contributed by atoms with Crippen LogP contribution in [0.5, 0.6) is 0 Å². The third-order valence-electron chi connectivity index (χ3n) is 3.97. The molecular weight excluding hydrogens is 282 g/mol. The van der Waals surface area contributed by atoms with E-state index >= 15 is 0 Å². The maximum absolute atomic E-state index is 11.7. The highest BCUT2D eigenvalue weighted by Gasteiger charge is 2.26. The van der Waals surface area contributed by atoms with Gasteiger partial charge in [0.2, 0.25) is 5.91 Å². The molecule has 1 aliphatic rings. The summed E-state index contributed by atoms with van der Waals surface area (Å²) in [6.07, 6.45) is 6.55. The van der Waals surface area contributed by atoms with Crippen molar-refractivity contribution in [3.63, 3.8) is 0 Å². The van der Waals surface area contributed by atoms with Crippen molar-refractivity contribution in [3.05, 3.63) is 24.8 Å². The van der Waals surface area contributed by atoms with Crippen molar-refractivity contribution >= 4 is 17.4 Å². The smallest absolute Gasteiger partial charge is 0.222 e. The second-order valence-electron chi connectivity index (χ2n) is 5.26. The Labute approximate surface area is 128 Å². The monoisotopic (exact) mass is 301 g/mol. The van der Waals surface area contributed by atoms with Crippen molar-refractivity contribution in [1.29, 1.82) is 0 Å². The lowest BCUT2D eigenvalue weighted by Gasteiger charge is -2.32. The van der Waals surface area contributed by atoms with Gasteiger partial charge < -0.3 is 16.0 Å². The molecule has 2 aromatic rings. The molecule has 0 aromatic carbocycles. The van der Waals surface area contributed by atoms with Crippen LogP contribution >= 0.6 is 0 Å². The van der Waals surface area contributed by atoms with Gasteiger partial charge in [-0.1, -0.05) is 0 Å². The minimum atomic E-state index is 0.0647. The zero-order valence-electron chi connectivity index (χ0n) is 12.4. The van der Waals surface area contributed by atoms with Crippen LogP contribution < -0.4 is 16.0 Å². The van der Waals surface area contributed by atoms with Gasteiger partial charge in [-0.05, 0) is 18.9 Å². The molecule has 0 radical (unpaired) electrons. The number of nitrogens with one attached hydrogen (secondary N) is 1. The second-order valence-corrected chi connectivity index (χ2v) is 5.26. The van der Waals surface area contributed by atoms with E-state index in [0.29, 0.717) is 17.3 Å². The molecule has 2 aromatic heterocycles. The van der Waals surface area contributed by atoms with E-state index < -0.39 is 0 Å². The summed E-state index contributed by atoms with van der Waals surface area (Å²) >= 11 is 0. The summed E-state index contributed by atoms with van der Waals surface area (Å²) in [5.41, 5.74) is 6.72. The molecule has 22 heavy (non-hydrogen) atoms. The van der Waals surface area contributed by atoms with Crippen LogP contribution in [0, 0.1) is 5.92 Å². The first kappa shape index (κ1) is 14.3. The zero-order chi connectivity index (χ0) is 15.5. The summed E-state index contributed by atoms with van der Waals surface area (Å²) in [4.78, 5) is 22.3. The average molecular weight is 301 g/mol. The summed E-state index contributed by atoms with van der Waals surface area (Å²) in [7, 11) is 1.67. The van der Waals surface area contributed by atoms with Gasteiger partial charge in [-0.2, -0.15) is 5.10 Å². The number of nitrogens with zero attached hydrogens (tertiary/aromatic N) is 5. The molecule has 1 saturated heterocycles. The van der Waals surface area contributed by atoms with E-state index in [9.17, 15) is 4.79 Å². The van der Waals surface area contributed by atoms with Crippen LogP contribution in [-0.4, -0.2) is 45.8 Å². The number of amides is 1. The highest BCUT2D eigenvalue weighted by atomic mass is 16.1. The number of nitrogens with two attached hydrogens (primary N) is 1. The van der Waals surface area contributed by atoms with Gasteiger partial charge in [-0.3, -0.25) is 4.79 Å². The summed E-state index contributed by atoms with van der Waals surface area (Å²) in [5, 5.41) is 6.86. The van der Waals surface area contributed by atoms with Crippen LogP contribution in [0.3, 0.4) is 0 Å². The molecule has 8 heteroatoms. The largest absolute Gasteiger partial charge is 0.393 e.